The summed E-state index contributed by atoms with van der Waals surface area (Å²) < 4.78 is 1.83. The maximum atomic E-state index is 12.3. The largest absolute Gasteiger partial charge is 0.370 e. The first kappa shape index (κ1) is 12.8. The number of aryl methyl sites for hydroxylation is 1. The topological polar surface area (TPSA) is 37.3 Å². The third kappa shape index (κ3) is 2.41. The summed E-state index contributed by atoms with van der Waals surface area (Å²) in [6.45, 7) is 2.13. The number of nitrogens with one attached hydrogen (secondary N) is 1. The minimum absolute atomic E-state index is 0.0656. The molecular formula is C16H19N3O. The lowest BCUT2D eigenvalue weighted by atomic mass is 10.2. The van der Waals surface area contributed by atoms with Crippen molar-refractivity contribution in [3.8, 4) is 0 Å². The fourth-order valence-corrected chi connectivity index (χ4v) is 2.70. The zero-order chi connectivity index (χ0) is 13.9. The van der Waals surface area contributed by atoms with Gasteiger partial charge in [0.2, 0.25) is 0 Å². The van der Waals surface area contributed by atoms with Crippen molar-refractivity contribution in [2.24, 2.45) is 7.05 Å². The number of carbonyl (C=O) groups is 1. The van der Waals surface area contributed by atoms with Crippen molar-refractivity contribution in [1.29, 1.82) is 0 Å². The smallest absolute Gasteiger partial charge is 0.272 e. The SMILES string of the molecule is Cn1cccc1C(=O)Nc1ccccc1N1CCCC1. The Morgan fingerprint density at radius 1 is 1.10 bits per heavy atom. The highest BCUT2D eigenvalue weighted by atomic mass is 16.1. The molecule has 0 saturated carbocycles. The van der Waals surface area contributed by atoms with E-state index in [9.17, 15) is 4.79 Å². The van der Waals surface area contributed by atoms with Crippen LogP contribution in [0, 0.1) is 0 Å². The predicted molar refractivity (Wildman–Crippen MR) is 81.3 cm³/mol. The molecule has 3 rings (SSSR count). The van der Waals surface area contributed by atoms with E-state index in [0.717, 1.165) is 24.5 Å². The van der Waals surface area contributed by atoms with Gasteiger partial charge in [-0.05, 0) is 37.1 Å². The maximum Gasteiger partial charge on any atom is 0.272 e. The van der Waals surface area contributed by atoms with Crippen molar-refractivity contribution in [3.63, 3.8) is 0 Å². The van der Waals surface area contributed by atoms with Crippen molar-refractivity contribution >= 4 is 17.3 Å². The summed E-state index contributed by atoms with van der Waals surface area (Å²) in [7, 11) is 1.88. The van der Waals surface area contributed by atoms with Crippen LogP contribution in [0.3, 0.4) is 0 Å². The molecule has 0 bridgehead atoms. The molecule has 1 fully saturated rings. The van der Waals surface area contributed by atoms with E-state index < -0.39 is 0 Å². The number of hydrogen-bond donors (Lipinski definition) is 1. The zero-order valence-electron chi connectivity index (χ0n) is 11.7. The molecule has 0 spiro atoms. The second kappa shape index (κ2) is 5.41. The number of para-hydroxylation sites is 2. The fraction of sp³-hybridized carbons (Fsp3) is 0.312. The van der Waals surface area contributed by atoms with Crippen molar-refractivity contribution in [2.75, 3.05) is 23.3 Å². The van der Waals surface area contributed by atoms with Gasteiger partial charge in [0.25, 0.3) is 5.91 Å². The molecule has 1 N–H and O–H groups in total. The standard InChI is InChI=1S/C16H19N3O/c1-18-10-6-9-15(18)16(20)17-13-7-2-3-8-14(13)19-11-4-5-12-19/h2-3,6-10H,4-5,11-12H2,1H3,(H,17,20). The van der Waals surface area contributed by atoms with E-state index in [4.69, 9.17) is 0 Å². The molecule has 0 unspecified atom stereocenters. The number of amides is 1. The quantitative estimate of drug-likeness (QED) is 0.930. The number of hydrogen-bond acceptors (Lipinski definition) is 2. The maximum absolute atomic E-state index is 12.3. The Morgan fingerprint density at radius 2 is 1.85 bits per heavy atom. The Balaban J connectivity index is 1.84. The Hall–Kier alpha value is -2.23. The van der Waals surface area contributed by atoms with Crippen LogP contribution in [0.15, 0.2) is 42.6 Å². The number of nitrogens with zero attached hydrogens (tertiary/aromatic N) is 2. The highest BCUT2D eigenvalue weighted by Gasteiger charge is 2.17. The monoisotopic (exact) mass is 269 g/mol. The number of carbonyl (C=O) groups excluding carboxylic acids is 1. The Morgan fingerprint density at radius 3 is 2.55 bits per heavy atom. The Bertz CT molecular complexity index is 612. The van der Waals surface area contributed by atoms with Gasteiger partial charge in [-0.1, -0.05) is 12.1 Å². The van der Waals surface area contributed by atoms with Crippen molar-refractivity contribution < 1.29 is 4.79 Å². The van der Waals surface area contributed by atoms with Crippen molar-refractivity contribution in [3.05, 3.63) is 48.3 Å². The molecule has 4 heteroatoms. The van der Waals surface area contributed by atoms with E-state index in [2.05, 4.69) is 16.3 Å². The second-order valence-electron chi connectivity index (χ2n) is 5.17. The zero-order valence-corrected chi connectivity index (χ0v) is 11.7. The van der Waals surface area contributed by atoms with Gasteiger partial charge < -0.3 is 14.8 Å². The summed E-state index contributed by atoms with van der Waals surface area (Å²) in [5.74, 6) is -0.0656. The van der Waals surface area contributed by atoms with Crippen molar-refractivity contribution in [2.45, 2.75) is 12.8 Å². The van der Waals surface area contributed by atoms with Gasteiger partial charge in [-0.2, -0.15) is 0 Å². The second-order valence-corrected chi connectivity index (χ2v) is 5.17. The molecule has 1 amide bonds. The lowest BCUT2D eigenvalue weighted by molar-refractivity contribution is 0.101. The molecule has 104 valence electrons. The van der Waals surface area contributed by atoms with Crippen LogP contribution in [0.5, 0.6) is 0 Å². The first-order chi connectivity index (χ1) is 9.75. The minimum Gasteiger partial charge on any atom is -0.370 e. The molecule has 4 nitrogen and oxygen atoms in total. The van der Waals surface area contributed by atoms with E-state index in [1.165, 1.54) is 12.8 Å². The van der Waals surface area contributed by atoms with E-state index in [0.29, 0.717) is 5.69 Å². The van der Waals surface area contributed by atoms with E-state index in [-0.39, 0.29) is 5.91 Å². The molecule has 0 aliphatic carbocycles. The minimum atomic E-state index is -0.0656. The third-order valence-electron chi connectivity index (χ3n) is 3.78. The Kier molecular flexibility index (Phi) is 3.46. The van der Waals surface area contributed by atoms with Crippen LogP contribution < -0.4 is 10.2 Å². The Labute approximate surface area is 119 Å². The first-order valence-electron chi connectivity index (χ1n) is 7.02. The number of aromatic nitrogens is 1. The molecule has 1 aliphatic heterocycles. The highest BCUT2D eigenvalue weighted by molar-refractivity contribution is 6.05. The molecule has 1 saturated heterocycles. The van der Waals surface area contributed by atoms with Crippen molar-refractivity contribution in [1.82, 2.24) is 4.57 Å². The van der Waals surface area contributed by atoms with Crippen LogP contribution in [0.4, 0.5) is 11.4 Å². The average Bonchev–Trinajstić information content (AvgIpc) is 3.10. The van der Waals surface area contributed by atoms with Gasteiger partial charge in [0, 0.05) is 26.3 Å². The third-order valence-corrected chi connectivity index (χ3v) is 3.78. The highest BCUT2D eigenvalue weighted by Crippen LogP contribution is 2.28. The molecule has 1 aromatic carbocycles. The van der Waals surface area contributed by atoms with E-state index in [1.807, 2.05) is 48.1 Å². The fourth-order valence-electron chi connectivity index (χ4n) is 2.70. The van der Waals surface area contributed by atoms with Crippen LogP contribution in [0.1, 0.15) is 23.3 Å². The van der Waals surface area contributed by atoms with Gasteiger partial charge in [-0.3, -0.25) is 4.79 Å². The van der Waals surface area contributed by atoms with Crippen LogP contribution >= 0.6 is 0 Å². The summed E-state index contributed by atoms with van der Waals surface area (Å²) in [4.78, 5) is 14.6. The molecule has 0 radical (unpaired) electrons. The molecule has 1 aromatic heterocycles. The van der Waals surface area contributed by atoms with Gasteiger partial charge in [-0.25, -0.2) is 0 Å². The summed E-state index contributed by atoms with van der Waals surface area (Å²) in [6, 6.07) is 11.7. The number of benzene rings is 1. The summed E-state index contributed by atoms with van der Waals surface area (Å²) in [5, 5.41) is 3.03. The van der Waals surface area contributed by atoms with Crippen LogP contribution in [0.25, 0.3) is 0 Å². The first-order valence-corrected chi connectivity index (χ1v) is 7.02. The van der Waals surface area contributed by atoms with E-state index in [1.54, 1.807) is 0 Å². The van der Waals surface area contributed by atoms with E-state index >= 15 is 0 Å². The van der Waals surface area contributed by atoms with Gasteiger partial charge in [-0.15, -0.1) is 0 Å². The van der Waals surface area contributed by atoms with Crippen LogP contribution in [0.2, 0.25) is 0 Å². The molecule has 0 atom stereocenters. The number of rotatable bonds is 3. The van der Waals surface area contributed by atoms with Gasteiger partial charge in [0.15, 0.2) is 0 Å². The van der Waals surface area contributed by atoms with Gasteiger partial charge in [0.05, 0.1) is 11.4 Å². The summed E-state index contributed by atoms with van der Waals surface area (Å²) in [6.07, 6.45) is 4.32. The lowest BCUT2D eigenvalue weighted by Crippen LogP contribution is -2.21. The van der Waals surface area contributed by atoms with Gasteiger partial charge in [0.1, 0.15) is 5.69 Å². The molecule has 1 aliphatic rings. The predicted octanol–water partition coefficient (Wildman–Crippen LogP) is 2.88. The lowest BCUT2D eigenvalue weighted by Gasteiger charge is -2.21. The molecule has 2 aromatic rings. The number of anilines is 2. The molecule has 2 heterocycles. The van der Waals surface area contributed by atoms with Crippen LogP contribution in [-0.4, -0.2) is 23.6 Å². The molecule has 20 heavy (non-hydrogen) atoms. The summed E-state index contributed by atoms with van der Waals surface area (Å²) >= 11 is 0. The normalized spacial score (nSPS) is 14.6. The average molecular weight is 269 g/mol. The molecular weight excluding hydrogens is 250 g/mol. The van der Waals surface area contributed by atoms with Gasteiger partial charge >= 0.3 is 0 Å². The van der Waals surface area contributed by atoms with Crippen LogP contribution in [-0.2, 0) is 7.05 Å². The summed E-state index contributed by atoms with van der Waals surface area (Å²) in [5.41, 5.74) is 2.68.